The summed E-state index contributed by atoms with van der Waals surface area (Å²) in [5, 5.41) is 9.21. The molecule has 2 atom stereocenters. The van der Waals surface area contributed by atoms with Crippen LogP contribution < -0.4 is 0 Å². The molecule has 0 saturated carbocycles. The molecular weight excluding hydrogens is 322 g/mol. The smallest absolute Gasteiger partial charge is 0.233 e. The van der Waals surface area contributed by atoms with E-state index in [1.807, 2.05) is 28.6 Å². The van der Waals surface area contributed by atoms with Gasteiger partial charge in [0.2, 0.25) is 5.91 Å². The summed E-state index contributed by atoms with van der Waals surface area (Å²) in [4.78, 5) is 18.8. The van der Waals surface area contributed by atoms with Gasteiger partial charge >= 0.3 is 0 Å². The van der Waals surface area contributed by atoms with E-state index in [1.165, 1.54) is 18.2 Å². The van der Waals surface area contributed by atoms with Crippen LogP contribution in [0.4, 0.5) is 0 Å². The van der Waals surface area contributed by atoms with Crippen LogP contribution in [0.25, 0.3) is 11.4 Å². The van der Waals surface area contributed by atoms with E-state index in [1.54, 1.807) is 12.4 Å². The van der Waals surface area contributed by atoms with Crippen molar-refractivity contribution in [3.63, 3.8) is 0 Å². The zero-order chi connectivity index (χ0) is 17.1. The molecule has 1 saturated heterocycles. The van der Waals surface area contributed by atoms with Gasteiger partial charge in [-0.3, -0.25) is 9.78 Å². The lowest BCUT2D eigenvalue weighted by molar-refractivity contribution is -0.134. The van der Waals surface area contributed by atoms with Crippen molar-refractivity contribution in [2.75, 3.05) is 5.75 Å². The number of amides is 1. The van der Waals surface area contributed by atoms with Gasteiger partial charge in [0.25, 0.3) is 0 Å². The predicted octanol–water partition coefficient (Wildman–Crippen LogP) is 2.76. The van der Waals surface area contributed by atoms with E-state index >= 15 is 0 Å². The van der Waals surface area contributed by atoms with Crippen molar-refractivity contribution in [2.45, 2.75) is 50.4 Å². The average Bonchev–Trinajstić information content (AvgIpc) is 2.94. The van der Waals surface area contributed by atoms with E-state index in [-0.39, 0.29) is 5.91 Å². The van der Waals surface area contributed by atoms with Crippen LogP contribution in [0.3, 0.4) is 0 Å². The Hall–Kier alpha value is -1.89. The molecule has 0 aliphatic carbocycles. The molecule has 7 heteroatoms. The maximum Gasteiger partial charge on any atom is 0.233 e. The van der Waals surface area contributed by atoms with Crippen LogP contribution >= 0.6 is 11.8 Å². The molecule has 0 bridgehead atoms. The molecule has 6 nitrogen and oxygen atoms in total. The zero-order valence-electron chi connectivity index (χ0n) is 14.3. The molecular formula is C17H23N5OS. The fourth-order valence-electron chi connectivity index (χ4n) is 3.30. The molecule has 1 amide bonds. The van der Waals surface area contributed by atoms with Gasteiger partial charge in [-0.25, -0.2) is 0 Å². The van der Waals surface area contributed by atoms with Crippen molar-refractivity contribution in [1.29, 1.82) is 0 Å². The summed E-state index contributed by atoms with van der Waals surface area (Å²) < 4.78 is 1.91. The summed E-state index contributed by atoms with van der Waals surface area (Å²) in [5.74, 6) is 1.34. The van der Waals surface area contributed by atoms with E-state index < -0.39 is 0 Å². The van der Waals surface area contributed by atoms with Crippen molar-refractivity contribution in [1.82, 2.24) is 24.6 Å². The van der Waals surface area contributed by atoms with E-state index in [2.05, 4.69) is 29.0 Å². The first-order valence-electron chi connectivity index (χ1n) is 8.31. The van der Waals surface area contributed by atoms with Gasteiger partial charge in [-0.2, -0.15) is 0 Å². The number of carbonyl (C=O) groups is 1. The normalized spacial score (nSPS) is 21.0. The van der Waals surface area contributed by atoms with Crippen LogP contribution in [0.2, 0.25) is 0 Å². The minimum absolute atomic E-state index is 0.186. The number of thioether (sulfide) groups is 1. The number of hydrogen-bond donors (Lipinski definition) is 0. The van der Waals surface area contributed by atoms with Gasteiger partial charge in [-0.05, 0) is 45.2 Å². The van der Waals surface area contributed by atoms with Crippen molar-refractivity contribution in [3.8, 4) is 11.4 Å². The van der Waals surface area contributed by atoms with Crippen LogP contribution in [0.15, 0.2) is 29.7 Å². The molecule has 0 radical (unpaired) electrons. The number of likely N-dealkylation sites (tertiary alicyclic amines) is 1. The highest BCUT2D eigenvalue weighted by atomic mass is 32.2. The second kappa shape index (κ2) is 7.34. The van der Waals surface area contributed by atoms with Gasteiger partial charge in [0.05, 0.1) is 5.75 Å². The standard InChI is InChI=1S/C17H23N5OS/c1-12-6-4-7-13(2)22(12)15(23)11-24-17-20-19-16(21(17)3)14-8-5-9-18-10-14/h5,8-10,12-13H,4,6-7,11H2,1-3H3/t12-,13+. The average molecular weight is 345 g/mol. The SMILES string of the molecule is C[C@@H]1CCC[C@H](C)N1C(=O)CSc1nnc(-c2cccnc2)n1C. The molecule has 2 aromatic heterocycles. The zero-order valence-corrected chi connectivity index (χ0v) is 15.2. The van der Waals surface area contributed by atoms with Crippen LogP contribution in [-0.2, 0) is 11.8 Å². The molecule has 1 aliphatic heterocycles. The van der Waals surface area contributed by atoms with Crippen molar-refractivity contribution < 1.29 is 4.79 Å². The van der Waals surface area contributed by atoms with Crippen LogP contribution in [0, 0.1) is 0 Å². The lowest BCUT2D eigenvalue weighted by Gasteiger charge is -2.39. The van der Waals surface area contributed by atoms with Gasteiger partial charge in [0.1, 0.15) is 0 Å². The summed E-state index contributed by atoms with van der Waals surface area (Å²) >= 11 is 1.45. The van der Waals surface area contributed by atoms with Crippen LogP contribution in [0.5, 0.6) is 0 Å². The third kappa shape index (κ3) is 3.45. The van der Waals surface area contributed by atoms with Gasteiger partial charge in [0, 0.05) is 37.1 Å². The van der Waals surface area contributed by atoms with Crippen LogP contribution in [0.1, 0.15) is 33.1 Å². The van der Waals surface area contributed by atoms with E-state index in [9.17, 15) is 4.79 Å². The first kappa shape index (κ1) is 17.0. The van der Waals surface area contributed by atoms with Crippen LogP contribution in [-0.4, -0.2) is 48.4 Å². The number of nitrogens with zero attached hydrogens (tertiary/aromatic N) is 5. The number of aromatic nitrogens is 4. The molecule has 2 aromatic rings. The summed E-state index contributed by atoms with van der Waals surface area (Å²) in [7, 11) is 1.92. The maximum atomic E-state index is 12.6. The Morgan fingerprint density at radius 1 is 1.29 bits per heavy atom. The highest BCUT2D eigenvalue weighted by Crippen LogP contribution is 2.26. The quantitative estimate of drug-likeness (QED) is 0.797. The van der Waals surface area contributed by atoms with Gasteiger partial charge in [-0.1, -0.05) is 11.8 Å². The fourth-order valence-corrected chi connectivity index (χ4v) is 4.08. The molecule has 24 heavy (non-hydrogen) atoms. The summed E-state index contributed by atoms with van der Waals surface area (Å²) in [5.41, 5.74) is 0.920. The minimum atomic E-state index is 0.186. The number of pyridine rings is 1. The Labute approximate surface area is 146 Å². The van der Waals surface area contributed by atoms with E-state index in [4.69, 9.17) is 0 Å². The number of hydrogen-bond acceptors (Lipinski definition) is 5. The first-order valence-corrected chi connectivity index (χ1v) is 9.30. The molecule has 0 unspecified atom stereocenters. The lowest BCUT2D eigenvalue weighted by atomic mass is 9.98. The van der Waals surface area contributed by atoms with Crippen molar-refractivity contribution >= 4 is 17.7 Å². The number of rotatable bonds is 4. The number of piperidine rings is 1. The molecule has 1 fully saturated rings. The van der Waals surface area contributed by atoms with Gasteiger partial charge in [-0.15, -0.1) is 10.2 Å². The minimum Gasteiger partial charge on any atom is -0.337 e. The maximum absolute atomic E-state index is 12.6. The Morgan fingerprint density at radius 3 is 2.71 bits per heavy atom. The topological polar surface area (TPSA) is 63.9 Å². The van der Waals surface area contributed by atoms with E-state index in [0.717, 1.165) is 29.4 Å². The first-order chi connectivity index (χ1) is 11.6. The van der Waals surface area contributed by atoms with Gasteiger partial charge < -0.3 is 9.47 Å². The molecule has 3 heterocycles. The molecule has 3 rings (SSSR count). The van der Waals surface area contributed by atoms with Crippen molar-refractivity contribution in [2.24, 2.45) is 7.05 Å². The highest BCUT2D eigenvalue weighted by Gasteiger charge is 2.29. The van der Waals surface area contributed by atoms with Crippen molar-refractivity contribution in [3.05, 3.63) is 24.5 Å². The lowest BCUT2D eigenvalue weighted by Crippen LogP contribution is -2.48. The predicted molar refractivity (Wildman–Crippen MR) is 94.6 cm³/mol. The van der Waals surface area contributed by atoms with Gasteiger partial charge in [0.15, 0.2) is 11.0 Å². The second-order valence-corrected chi connectivity index (χ2v) is 7.27. The summed E-state index contributed by atoms with van der Waals surface area (Å²) in [6.07, 6.45) is 6.89. The molecule has 0 aromatic carbocycles. The largest absolute Gasteiger partial charge is 0.337 e. The van der Waals surface area contributed by atoms with E-state index in [0.29, 0.717) is 17.8 Å². The molecule has 128 valence electrons. The third-order valence-corrected chi connectivity index (χ3v) is 5.57. The monoisotopic (exact) mass is 345 g/mol. The fraction of sp³-hybridized carbons (Fsp3) is 0.529. The molecule has 0 spiro atoms. The Morgan fingerprint density at radius 2 is 2.04 bits per heavy atom. The Bertz CT molecular complexity index is 692. The third-order valence-electron chi connectivity index (χ3n) is 4.56. The summed E-state index contributed by atoms with van der Waals surface area (Å²) in [6, 6.07) is 4.48. The number of carbonyl (C=O) groups excluding carboxylic acids is 1. The molecule has 0 N–H and O–H groups in total. The molecule has 1 aliphatic rings. The highest BCUT2D eigenvalue weighted by molar-refractivity contribution is 7.99. The summed E-state index contributed by atoms with van der Waals surface area (Å²) in [6.45, 7) is 4.28. The Kier molecular flexibility index (Phi) is 5.18. The second-order valence-electron chi connectivity index (χ2n) is 6.33. The Balaban J connectivity index is 1.67.